The molecule has 0 unspecified atom stereocenters. The minimum Gasteiger partial charge on any atom is -0.465 e. The van der Waals surface area contributed by atoms with Crippen LogP contribution in [-0.2, 0) is 9.53 Å². The lowest BCUT2D eigenvalue weighted by atomic mass is 10.1. The zero-order chi connectivity index (χ0) is 22.0. The first kappa shape index (κ1) is 20.5. The maximum atomic E-state index is 13.4. The SMILES string of the molecule is COC(=O)c1ccc(/C=C2/N=C(c3ccc(Cl)cc3)N(c3ccc(F)cc3)C2=O)cc1. The van der Waals surface area contributed by atoms with E-state index in [-0.39, 0.29) is 11.6 Å². The summed E-state index contributed by atoms with van der Waals surface area (Å²) in [5.41, 5.74) is 2.48. The highest BCUT2D eigenvalue weighted by Gasteiger charge is 2.32. The summed E-state index contributed by atoms with van der Waals surface area (Å²) in [5, 5.41) is 0.559. The summed E-state index contributed by atoms with van der Waals surface area (Å²) in [6.07, 6.45) is 1.63. The average Bonchev–Trinajstić information content (AvgIpc) is 3.10. The van der Waals surface area contributed by atoms with Crippen molar-refractivity contribution in [3.63, 3.8) is 0 Å². The van der Waals surface area contributed by atoms with Crippen LogP contribution in [0.4, 0.5) is 10.1 Å². The van der Waals surface area contributed by atoms with Gasteiger partial charge in [0, 0.05) is 10.6 Å². The van der Waals surface area contributed by atoms with E-state index in [4.69, 9.17) is 16.3 Å². The molecule has 0 bridgehead atoms. The molecular weight excluding hydrogens is 419 g/mol. The maximum Gasteiger partial charge on any atom is 0.337 e. The summed E-state index contributed by atoms with van der Waals surface area (Å²) in [7, 11) is 1.31. The third-order valence-electron chi connectivity index (χ3n) is 4.68. The summed E-state index contributed by atoms with van der Waals surface area (Å²) in [6.45, 7) is 0. The van der Waals surface area contributed by atoms with Crippen molar-refractivity contribution in [3.8, 4) is 0 Å². The number of esters is 1. The Balaban J connectivity index is 1.75. The Morgan fingerprint density at radius 1 is 1.00 bits per heavy atom. The normalized spacial score (nSPS) is 14.7. The second kappa shape index (κ2) is 8.53. The Morgan fingerprint density at radius 3 is 2.26 bits per heavy atom. The van der Waals surface area contributed by atoms with Crippen molar-refractivity contribution in [1.82, 2.24) is 0 Å². The van der Waals surface area contributed by atoms with Gasteiger partial charge in [0.05, 0.1) is 18.4 Å². The lowest BCUT2D eigenvalue weighted by molar-refractivity contribution is -0.113. The van der Waals surface area contributed by atoms with E-state index in [1.165, 1.54) is 36.3 Å². The van der Waals surface area contributed by atoms with E-state index in [2.05, 4.69) is 4.99 Å². The van der Waals surface area contributed by atoms with Crippen molar-refractivity contribution < 1.29 is 18.7 Å². The van der Waals surface area contributed by atoms with Gasteiger partial charge in [0.1, 0.15) is 17.3 Å². The minimum atomic E-state index is -0.443. The average molecular weight is 435 g/mol. The van der Waals surface area contributed by atoms with E-state index < -0.39 is 11.8 Å². The molecule has 0 fully saturated rings. The number of hydrogen-bond acceptors (Lipinski definition) is 4. The van der Waals surface area contributed by atoms with Gasteiger partial charge >= 0.3 is 5.97 Å². The quantitative estimate of drug-likeness (QED) is 0.424. The molecule has 0 radical (unpaired) electrons. The van der Waals surface area contributed by atoms with Gasteiger partial charge in [-0.05, 0) is 72.3 Å². The summed E-state index contributed by atoms with van der Waals surface area (Å²) < 4.78 is 18.1. The summed E-state index contributed by atoms with van der Waals surface area (Å²) in [4.78, 5) is 30.8. The molecular formula is C24H16ClFN2O3. The molecule has 1 amide bonds. The van der Waals surface area contributed by atoms with Crippen molar-refractivity contribution in [2.24, 2.45) is 4.99 Å². The molecule has 1 aliphatic rings. The molecule has 0 aromatic heterocycles. The van der Waals surface area contributed by atoms with Crippen molar-refractivity contribution in [2.75, 3.05) is 12.0 Å². The standard InChI is InChI=1S/C24H16ClFN2O3/c1-31-24(30)17-4-2-15(3-5-17)14-21-23(29)28(20-12-10-19(26)11-13-20)22(27-21)16-6-8-18(25)9-7-16/h2-14H,1H3/b21-14+. The third-order valence-corrected chi connectivity index (χ3v) is 4.93. The first-order valence-electron chi connectivity index (χ1n) is 9.31. The van der Waals surface area contributed by atoms with Crippen LogP contribution in [0.25, 0.3) is 6.08 Å². The van der Waals surface area contributed by atoms with E-state index in [0.717, 1.165) is 0 Å². The highest BCUT2D eigenvalue weighted by molar-refractivity contribution is 6.34. The lowest BCUT2D eigenvalue weighted by Crippen LogP contribution is -2.32. The monoisotopic (exact) mass is 434 g/mol. The number of amides is 1. The topological polar surface area (TPSA) is 59.0 Å². The zero-order valence-electron chi connectivity index (χ0n) is 16.4. The largest absolute Gasteiger partial charge is 0.465 e. The van der Waals surface area contributed by atoms with E-state index in [9.17, 15) is 14.0 Å². The molecule has 0 saturated heterocycles. The Kier molecular flexibility index (Phi) is 5.64. The van der Waals surface area contributed by atoms with Crippen molar-refractivity contribution in [3.05, 3.63) is 106 Å². The van der Waals surface area contributed by atoms with Crippen LogP contribution in [0.3, 0.4) is 0 Å². The number of carbonyl (C=O) groups excluding carboxylic acids is 2. The molecule has 4 rings (SSSR count). The van der Waals surface area contributed by atoms with Crippen LogP contribution in [0.2, 0.25) is 5.02 Å². The summed E-state index contributed by atoms with van der Waals surface area (Å²) >= 11 is 5.99. The van der Waals surface area contributed by atoms with Crippen LogP contribution in [-0.4, -0.2) is 24.8 Å². The van der Waals surface area contributed by atoms with Crippen LogP contribution in [0.15, 0.2) is 83.5 Å². The molecule has 0 aliphatic carbocycles. The fraction of sp³-hybridized carbons (Fsp3) is 0.0417. The predicted molar refractivity (Wildman–Crippen MR) is 118 cm³/mol. The number of anilines is 1. The first-order chi connectivity index (χ1) is 15.0. The van der Waals surface area contributed by atoms with E-state index in [1.807, 2.05) is 0 Å². The highest BCUT2D eigenvalue weighted by atomic mass is 35.5. The van der Waals surface area contributed by atoms with Gasteiger partial charge in [-0.2, -0.15) is 0 Å². The fourth-order valence-electron chi connectivity index (χ4n) is 3.13. The predicted octanol–water partition coefficient (Wildman–Crippen LogP) is 5.10. The second-order valence-electron chi connectivity index (χ2n) is 6.70. The van der Waals surface area contributed by atoms with Crippen LogP contribution in [0, 0.1) is 5.82 Å². The number of carbonyl (C=O) groups is 2. The molecule has 1 aliphatic heterocycles. The van der Waals surface area contributed by atoms with Gasteiger partial charge in [-0.1, -0.05) is 23.7 Å². The molecule has 31 heavy (non-hydrogen) atoms. The number of methoxy groups -OCH3 is 1. The van der Waals surface area contributed by atoms with E-state index >= 15 is 0 Å². The lowest BCUT2D eigenvalue weighted by Gasteiger charge is -2.18. The van der Waals surface area contributed by atoms with Gasteiger partial charge in [0.2, 0.25) is 0 Å². The van der Waals surface area contributed by atoms with E-state index in [1.54, 1.807) is 54.6 Å². The van der Waals surface area contributed by atoms with Gasteiger partial charge in [-0.15, -0.1) is 0 Å². The zero-order valence-corrected chi connectivity index (χ0v) is 17.1. The highest BCUT2D eigenvalue weighted by Crippen LogP contribution is 2.28. The molecule has 5 nitrogen and oxygen atoms in total. The third kappa shape index (κ3) is 4.25. The maximum absolute atomic E-state index is 13.4. The number of aliphatic imine (C=N–C) groups is 1. The van der Waals surface area contributed by atoms with Crippen molar-refractivity contribution in [1.29, 1.82) is 0 Å². The molecule has 0 atom stereocenters. The van der Waals surface area contributed by atoms with Crippen LogP contribution < -0.4 is 4.90 Å². The van der Waals surface area contributed by atoms with Gasteiger partial charge in [-0.3, -0.25) is 9.69 Å². The molecule has 3 aromatic carbocycles. The molecule has 154 valence electrons. The first-order valence-corrected chi connectivity index (χ1v) is 9.69. The number of halogens is 2. The number of rotatable bonds is 4. The number of ether oxygens (including phenoxy) is 1. The smallest absolute Gasteiger partial charge is 0.337 e. The number of hydrogen-bond donors (Lipinski definition) is 0. The fourth-order valence-corrected chi connectivity index (χ4v) is 3.26. The van der Waals surface area contributed by atoms with Crippen molar-refractivity contribution in [2.45, 2.75) is 0 Å². The Bertz CT molecular complexity index is 1200. The van der Waals surface area contributed by atoms with Crippen LogP contribution >= 0.6 is 11.6 Å². The van der Waals surface area contributed by atoms with E-state index in [0.29, 0.717) is 33.2 Å². The van der Waals surface area contributed by atoms with Gasteiger partial charge in [-0.25, -0.2) is 14.2 Å². The summed E-state index contributed by atoms with van der Waals surface area (Å²) in [6, 6.07) is 19.2. The Morgan fingerprint density at radius 2 is 1.65 bits per heavy atom. The van der Waals surface area contributed by atoms with Gasteiger partial charge in [0.25, 0.3) is 5.91 Å². The van der Waals surface area contributed by atoms with Crippen LogP contribution in [0.5, 0.6) is 0 Å². The Labute approximate surface area is 183 Å². The number of nitrogens with zero attached hydrogens (tertiary/aromatic N) is 2. The molecule has 0 saturated carbocycles. The van der Waals surface area contributed by atoms with Gasteiger partial charge < -0.3 is 4.74 Å². The molecule has 0 N–H and O–H groups in total. The molecule has 3 aromatic rings. The Hall–Kier alpha value is -3.77. The molecule has 1 heterocycles. The molecule has 0 spiro atoms. The second-order valence-corrected chi connectivity index (χ2v) is 7.14. The number of amidine groups is 1. The summed E-state index contributed by atoms with van der Waals surface area (Å²) in [5.74, 6) is -0.789. The molecule has 7 heteroatoms. The van der Waals surface area contributed by atoms with Crippen LogP contribution in [0.1, 0.15) is 21.5 Å². The van der Waals surface area contributed by atoms with Crippen molar-refractivity contribution >= 4 is 41.1 Å². The van der Waals surface area contributed by atoms with Gasteiger partial charge in [0.15, 0.2) is 0 Å². The number of benzene rings is 3. The minimum absolute atomic E-state index is 0.208.